The highest BCUT2D eigenvalue weighted by Crippen LogP contribution is 2.14. The minimum Gasteiger partial charge on any atom is -0.351 e. The maximum atomic E-state index is 12.1. The molecule has 0 saturated carbocycles. The number of rotatable bonds is 4. The van der Waals surface area contributed by atoms with E-state index in [0.29, 0.717) is 18.3 Å². The van der Waals surface area contributed by atoms with Crippen LogP contribution in [0.2, 0.25) is 0 Å². The number of hydrogen-bond acceptors (Lipinski definition) is 3. The van der Waals surface area contributed by atoms with Crippen molar-refractivity contribution in [1.29, 1.82) is 0 Å². The van der Waals surface area contributed by atoms with Gasteiger partial charge in [0, 0.05) is 18.0 Å². The number of nitrogens with one attached hydrogen (secondary N) is 3. The van der Waals surface area contributed by atoms with Crippen LogP contribution in [0.4, 0.5) is 0 Å². The predicted molar refractivity (Wildman–Crippen MR) is 74.1 cm³/mol. The van der Waals surface area contributed by atoms with Crippen molar-refractivity contribution in [2.45, 2.75) is 25.3 Å². The number of H-pyrrole nitrogens is 1. The Morgan fingerprint density at radius 1 is 1.42 bits per heavy atom. The molecule has 1 aliphatic rings. The molecule has 5 heteroatoms. The highest BCUT2D eigenvalue weighted by molar-refractivity contribution is 6.04. The molecule has 1 aliphatic heterocycles. The Kier molecular flexibility index (Phi) is 3.46. The highest BCUT2D eigenvalue weighted by atomic mass is 16.1. The number of benzene rings is 1. The summed E-state index contributed by atoms with van der Waals surface area (Å²) in [7, 11) is 0. The van der Waals surface area contributed by atoms with E-state index in [1.807, 2.05) is 24.3 Å². The van der Waals surface area contributed by atoms with E-state index in [1.54, 1.807) is 0 Å². The van der Waals surface area contributed by atoms with Gasteiger partial charge in [-0.25, -0.2) is 0 Å². The molecule has 2 heterocycles. The molecular formula is C14H18N4O. The highest BCUT2D eigenvalue weighted by Gasteiger charge is 2.16. The van der Waals surface area contributed by atoms with Gasteiger partial charge in [-0.3, -0.25) is 9.89 Å². The van der Waals surface area contributed by atoms with E-state index in [4.69, 9.17) is 0 Å². The van der Waals surface area contributed by atoms with Crippen molar-refractivity contribution in [1.82, 2.24) is 20.8 Å². The minimum absolute atomic E-state index is 0.101. The third-order valence-corrected chi connectivity index (χ3v) is 3.63. The second-order valence-corrected chi connectivity index (χ2v) is 4.96. The Bertz CT molecular complexity index is 572. The SMILES string of the molecule is O=C(NCC[C@H]1CCCN1)c1n[nH]c2ccccc12. The van der Waals surface area contributed by atoms with Crippen LogP contribution in [-0.2, 0) is 0 Å². The lowest BCUT2D eigenvalue weighted by atomic mass is 10.1. The topological polar surface area (TPSA) is 69.8 Å². The molecule has 1 aromatic heterocycles. The molecule has 1 amide bonds. The number of carbonyl (C=O) groups is 1. The van der Waals surface area contributed by atoms with Crippen LogP contribution in [0, 0.1) is 0 Å². The number of fused-ring (bicyclic) bond motifs is 1. The number of para-hydroxylation sites is 1. The van der Waals surface area contributed by atoms with E-state index < -0.39 is 0 Å². The average Bonchev–Trinajstić information content (AvgIpc) is 3.07. The van der Waals surface area contributed by atoms with Gasteiger partial charge in [-0.05, 0) is 31.9 Å². The lowest BCUT2D eigenvalue weighted by molar-refractivity contribution is 0.0949. The van der Waals surface area contributed by atoms with E-state index in [9.17, 15) is 4.79 Å². The van der Waals surface area contributed by atoms with Crippen LogP contribution < -0.4 is 10.6 Å². The Morgan fingerprint density at radius 3 is 3.16 bits per heavy atom. The van der Waals surface area contributed by atoms with Crippen LogP contribution in [0.3, 0.4) is 0 Å². The fraction of sp³-hybridized carbons (Fsp3) is 0.429. The van der Waals surface area contributed by atoms with Crippen LogP contribution in [0.25, 0.3) is 10.9 Å². The molecule has 1 atom stereocenters. The molecule has 0 unspecified atom stereocenters. The predicted octanol–water partition coefficient (Wildman–Crippen LogP) is 1.43. The summed E-state index contributed by atoms with van der Waals surface area (Å²) in [6.07, 6.45) is 3.43. The van der Waals surface area contributed by atoms with Crippen molar-refractivity contribution in [2.24, 2.45) is 0 Å². The molecule has 100 valence electrons. The van der Waals surface area contributed by atoms with Crippen molar-refractivity contribution in [2.75, 3.05) is 13.1 Å². The number of aromatic amines is 1. The monoisotopic (exact) mass is 258 g/mol. The largest absolute Gasteiger partial charge is 0.351 e. The fourth-order valence-electron chi connectivity index (χ4n) is 2.58. The van der Waals surface area contributed by atoms with Crippen LogP contribution in [0.5, 0.6) is 0 Å². The van der Waals surface area contributed by atoms with E-state index in [2.05, 4.69) is 20.8 Å². The van der Waals surface area contributed by atoms with E-state index in [-0.39, 0.29) is 5.91 Å². The van der Waals surface area contributed by atoms with Gasteiger partial charge < -0.3 is 10.6 Å². The van der Waals surface area contributed by atoms with Gasteiger partial charge in [-0.15, -0.1) is 0 Å². The molecule has 1 aromatic carbocycles. The third kappa shape index (κ3) is 2.61. The van der Waals surface area contributed by atoms with Crippen LogP contribution in [-0.4, -0.2) is 35.2 Å². The Balaban J connectivity index is 1.60. The molecule has 3 rings (SSSR count). The summed E-state index contributed by atoms with van der Waals surface area (Å²) in [5.41, 5.74) is 1.38. The average molecular weight is 258 g/mol. The first-order valence-corrected chi connectivity index (χ1v) is 6.79. The first-order chi connectivity index (χ1) is 9.34. The zero-order valence-corrected chi connectivity index (χ0v) is 10.8. The summed E-state index contributed by atoms with van der Waals surface area (Å²) < 4.78 is 0. The Hall–Kier alpha value is -1.88. The van der Waals surface area contributed by atoms with Gasteiger partial charge in [-0.1, -0.05) is 18.2 Å². The Morgan fingerprint density at radius 2 is 2.32 bits per heavy atom. The van der Waals surface area contributed by atoms with E-state index in [1.165, 1.54) is 12.8 Å². The van der Waals surface area contributed by atoms with Gasteiger partial charge in [0.05, 0.1) is 5.52 Å². The molecular weight excluding hydrogens is 240 g/mol. The summed E-state index contributed by atoms with van der Waals surface area (Å²) in [6.45, 7) is 1.79. The summed E-state index contributed by atoms with van der Waals surface area (Å²) in [5, 5.41) is 14.2. The molecule has 1 fully saturated rings. The number of amides is 1. The van der Waals surface area contributed by atoms with Gasteiger partial charge in [-0.2, -0.15) is 5.10 Å². The number of carbonyl (C=O) groups excluding carboxylic acids is 1. The molecule has 5 nitrogen and oxygen atoms in total. The lowest BCUT2D eigenvalue weighted by Gasteiger charge is -2.10. The summed E-state index contributed by atoms with van der Waals surface area (Å²) in [4.78, 5) is 12.1. The number of aromatic nitrogens is 2. The van der Waals surface area contributed by atoms with Crippen molar-refractivity contribution >= 4 is 16.8 Å². The number of hydrogen-bond donors (Lipinski definition) is 3. The van der Waals surface area contributed by atoms with E-state index in [0.717, 1.165) is 23.9 Å². The maximum absolute atomic E-state index is 12.1. The van der Waals surface area contributed by atoms with Gasteiger partial charge >= 0.3 is 0 Å². The van der Waals surface area contributed by atoms with E-state index >= 15 is 0 Å². The molecule has 0 aliphatic carbocycles. The van der Waals surface area contributed by atoms with Crippen LogP contribution in [0.1, 0.15) is 29.8 Å². The summed E-state index contributed by atoms with van der Waals surface area (Å²) in [6, 6.07) is 8.22. The van der Waals surface area contributed by atoms with Crippen LogP contribution >= 0.6 is 0 Å². The van der Waals surface area contributed by atoms with Gasteiger partial charge in [0.2, 0.25) is 0 Å². The third-order valence-electron chi connectivity index (χ3n) is 3.63. The lowest BCUT2D eigenvalue weighted by Crippen LogP contribution is -2.30. The quantitative estimate of drug-likeness (QED) is 0.777. The summed E-state index contributed by atoms with van der Waals surface area (Å²) >= 11 is 0. The standard InChI is InChI=1S/C14H18N4O/c19-14(16-9-7-10-4-3-8-15-10)13-11-5-1-2-6-12(11)17-18-13/h1-2,5-6,10,15H,3-4,7-9H2,(H,16,19)(H,17,18)/t10-/m1/s1. The molecule has 0 radical (unpaired) electrons. The van der Waals surface area contributed by atoms with Crippen molar-refractivity contribution in [3.05, 3.63) is 30.0 Å². The molecule has 19 heavy (non-hydrogen) atoms. The van der Waals surface area contributed by atoms with Gasteiger partial charge in [0.1, 0.15) is 0 Å². The zero-order valence-electron chi connectivity index (χ0n) is 10.8. The molecule has 2 aromatic rings. The zero-order chi connectivity index (χ0) is 13.1. The minimum atomic E-state index is -0.101. The van der Waals surface area contributed by atoms with Crippen molar-refractivity contribution < 1.29 is 4.79 Å². The smallest absolute Gasteiger partial charge is 0.272 e. The summed E-state index contributed by atoms with van der Waals surface area (Å²) in [5.74, 6) is -0.101. The molecule has 3 N–H and O–H groups in total. The molecule has 1 saturated heterocycles. The van der Waals surface area contributed by atoms with Gasteiger partial charge in [0.25, 0.3) is 5.91 Å². The normalized spacial score (nSPS) is 18.8. The second-order valence-electron chi connectivity index (χ2n) is 4.96. The molecule has 0 spiro atoms. The number of nitrogens with zero attached hydrogens (tertiary/aromatic N) is 1. The maximum Gasteiger partial charge on any atom is 0.272 e. The van der Waals surface area contributed by atoms with Crippen molar-refractivity contribution in [3.8, 4) is 0 Å². The van der Waals surface area contributed by atoms with Gasteiger partial charge in [0.15, 0.2) is 5.69 Å². The van der Waals surface area contributed by atoms with Crippen LogP contribution in [0.15, 0.2) is 24.3 Å². The van der Waals surface area contributed by atoms with Crippen molar-refractivity contribution in [3.63, 3.8) is 0 Å². The first kappa shape index (κ1) is 12.2. The second kappa shape index (κ2) is 5.40. The Labute approximate surface area is 111 Å². The fourth-order valence-corrected chi connectivity index (χ4v) is 2.58. The molecule has 0 bridgehead atoms. The first-order valence-electron chi connectivity index (χ1n) is 6.79.